The van der Waals surface area contributed by atoms with Gasteiger partial charge in [-0.1, -0.05) is 0 Å². The van der Waals surface area contributed by atoms with E-state index in [0.29, 0.717) is 17.4 Å². The molecule has 19 heavy (non-hydrogen) atoms. The molecule has 0 spiro atoms. The van der Waals surface area contributed by atoms with Crippen LogP contribution < -0.4 is 5.32 Å². The average molecular weight is 260 g/mol. The van der Waals surface area contributed by atoms with Gasteiger partial charge in [0.25, 0.3) is 0 Å². The second kappa shape index (κ2) is 4.62. The number of nitrogens with zero attached hydrogens (tertiary/aromatic N) is 3. The van der Waals surface area contributed by atoms with Gasteiger partial charge in [-0.2, -0.15) is 0 Å². The van der Waals surface area contributed by atoms with Gasteiger partial charge in [-0.05, 0) is 25.7 Å². The molecule has 100 valence electrons. The normalized spacial score (nSPS) is 16.5. The number of hydrogen-bond acceptors (Lipinski definition) is 4. The summed E-state index contributed by atoms with van der Waals surface area (Å²) in [6.07, 6.45) is 6.69. The number of hydrogen-bond donors (Lipinski definition) is 2. The van der Waals surface area contributed by atoms with Gasteiger partial charge in [0.2, 0.25) is 5.91 Å². The highest BCUT2D eigenvalue weighted by Gasteiger charge is 2.31. The first-order valence-corrected chi connectivity index (χ1v) is 6.41. The Kier molecular flexibility index (Phi) is 2.94. The molecule has 0 aromatic carbocycles. The van der Waals surface area contributed by atoms with Crippen molar-refractivity contribution in [3.05, 3.63) is 24.3 Å². The van der Waals surface area contributed by atoms with E-state index in [1.165, 1.54) is 0 Å². The van der Waals surface area contributed by atoms with Crippen molar-refractivity contribution in [3.8, 4) is 0 Å². The summed E-state index contributed by atoms with van der Waals surface area (Å²) in [5.41, 5.74) is 1.43. The van der Waals surface area contributed by atoms with E-state index in [0.717, 1.165) is 18.5 Å². The molecule has 1 aliphatic carbocycles. The topological polar surface area (TPSA) is 79.5 Å². The fourth-order valence-corrected chi connectivity index (χ4v) is 2.20. The number of imidazole rings is 1. The number of aliphatic hydroxyl groups is 1. The average Bonchev–Trinajstić information content (AvgIpc) is 3.17. The van der Waals surface area contributed by atoms with Crippen LogP contribution in [0.15, 0.2) is 18.6 Å². The zero-order valence-corrected chi connectivity index (χ0v) is 10.7. The molecular formula is C13H16N4O2. The lowest BCUT2D eigenvalue weighted by Gasteiger charge is -2.10. The molecule has 6 nitrogen and oxygen atoms in total. The fourth-order valence-electron chi connectivity index (χ4n) is 2.20. The van der Waals surface area contributed by atoms with Crippen LogP contribution in [0.4, 0.5) is 5.82 Å². The Morgan fingerprint density at radius 1 is 1.63 bits per heavy atom. The van der Waals surface area contributed by atoms with Crippen molar-refractivity contribution in [2.45, 2.75) is 32.3 Å². The van der Waals surface area contributed by atoms with Crippen molar-refractivity contribution in [2.75, 3.05) is 5.32 Å². The van der Waals surface area contributed by atoms with Crippen LogP contribution in [0.25, 0.3) is 5.65 Å². The number of carbonyl (C=O) groups is 1. The summed E-state index contributed by atoms with van der Waals surface area (Å²) < 4.78 is 1.78. The molecule has 2 aromatic heterocycles. The van der Waals surface area contributed by atoms with Gasteiger partial charge in [0.05, 0.1) is 24.4 Å². The minimum absolute atomic E-state index is 0.141. The van der Waals surface area contributed by atoms with E-state index in [4.69, 9.17) is 0 Å². The number of amides is 1. The third-order valence-electron chi connectivity index (χ3n) is 3.42. The van der Waals surface area contributed by atoms with E-state index in [-0.39, 0.29) is 12.3 Å². The molecule has 2 heterocycles. The van der Waals surface area contributed by atoms with E-state index in [2.05, 4.69) is 15.3 Å². The number of nitrogens with one attached hydrogen (secondary N) is 1. The molecule has 1 amide bonds. The molecule has 1 saturated carbocycles. The summed E-state index contributed by atoms with van der Waals surface area (Å²) in [6, 6.07) is 0. The lowest BCUT2D eigenvalue weighted by atomic mass is 10.1. The number of carbonyl (C=O) groups excluding carboxylic acids is 1. The quantitative estimate of drug-likeness (QED) is 0.864. The van der Waals surface area contributed by atoms with Crippen LogP contribution in [0.2, 0.25) is 0 Å². The van der Waals surface area contributed by atoms with Crippen LogP contribution in [0.1, 0.15) is 25.0 Å². The second-order valence-electron chi connectivity index (χ2n) is 5.01. The Balaban J connectivity index is 1.76. The minimum atomic E-state index is -0.527. The predicted octanol–water partition coefficient (Wildman–Crippen LogP) is 1.14. The number of rotatable bonds is 4. The van der Waals surface area contributed by atoms with Gasteiger partial charge in [0.15, 0.2) is 5.65 Å². The third kappa shape index (κ3) is 2.44. The molecule has 2 N–H and O–H groups in total. The minimum Gasteiger partial charge on any atom is -0.392 e. The first-order chi connectivity index (χ1) is 9.15. The maximum atomic E-state index is 11.9. The highest BCUT2D eigenvalue weighted by Crippen LogP contribution is 2.34. The Morgan fingerprint density at radius 3 is 3.16 bits per heavy atom. The van der Waals surface area contributed by atoms with Crippen LogP contribution in [0.5, 0.6) is 0 Å². The van der Waals surface area contributed by atoms with Crippen LogP contribution in [0.3, 0.4) is 0 Å². The summed E-state index contributed by atoms with van der Waals surface area (Å²) >= 11 is 0. The standard InChI is InChI=1S/C13H16N4O2/c1-8-13(17-5-4-14-7-11(17)15-8)16-12(19)6-10(18)9-2-3-9/h4-5,7,9-10,18H,2-3,6H2,1H3,(H,16,19). The Labute approximate surface area is 110 Å². The molecule has 1 fully saturated rings. The highest BCUT2D eigenvalue weighted by molar-refractivity contribution is 5.91. The van der Waals surface area contributed by atoms with Crippen LogP contribution in [0, 0.1) is 12.8 Å². The molecule has 0 aliphatic heterocycles. The number of anilines is 1. The first-order valence-electron chi connectivity index (χ1n) is 6.41. The van der Waals surface area contributed by atoms with E-state index >= 15 is 0 Å². The van der Waals surface area contributed by atoms with Gasteiger partial charge in [0.1, 0.15) is 5.82 Å². The SMILES string of the molecule is Cc1nc2cnccn2c1NC(=O)CC(O)C1CC1. The second-order valence-corrected chi connectivity index (χ2v) is 5.01. The van der Waals surface area contributed by atoms with Gasteiger partial charge < -0.3 is 10.4 Å². The molecule has 3 rings (SSSR count). The van der Waals surface area contributed by atoms with Gasteiger partial charge in [-0.25, -0.2) is 4.98 Å². The number of fused-ring (bicyclic) bond motifs is 1. The van der Waals surface area contributed by atoms with E-state index < -0.39 is 6.10 Å². The van der Waals surface area contributed by atoms with Crippen molar-refractivity contribution < 1.29 is 9.90 Å². The van der Waals surface area contributed by atoms with Gasteiger partial charge in [0, 0.05) is 12.4 Å². The molecule has 0 radical (unpaired) electrons. The smallest absolute Gasteiger partial charge is 0.228 e. The van der Waals surface area contributed by atoms with E-state index in [1.807, 2.05) is 6.92 Å². The van der Waals surface area contributed by atoms with Crippen molar-refractivity contribution in [1.82, 2.24) is 14.4 Å². The summed E-state index contributed by atoms with van der Waals surface area (Å²) in [7, 11) is 0. The van der Waals surface area contributed by atoms with Crippen molar-refractivity contribution in [2.24, 2.45) is 5.92 Å². The van der Waals surface area contributed by atoms with Crippen molar-refractivity contribution >= 4 is 17.4 Å². The first kappa shape index (κ1) is 12.1. The lowest BCUT2D eigenvalue weighted by molar-refractivity contribution is -0.118. The zero-order valence-electron chi connectivity index (χ0n) is 10.7. The lowest BCUT2D eigenvalue weighted by Crippen LogP contribution is -2.22. The van der Waals surface area contributed by atoms with E-state index in [9.17, 15) is 9.90 Å². The zero-order chi connectivity index (χ0) is 13.4. The largest absolute Gasteiger partial charge is 0.392 e. The van der Waals surface area contributed by atoms with E-state index in [1.54, 1.807) is 23.0 Å². The Morgan fingerprint density at radius 2 is 2.42 bits per heavy atom. The molecule has 1 atom stereocenters. The maximum Gasteiger partial charge on any atom is 0.228 e. The number of aryl methyl sites for hydroxylation is 1. The molecule has 0 bridgehead atoms. The van der Waals surface area contributed by atoms with Gasteiger partial charge >= 0.3 is 0 Å². The van der Waals surface area contributed by atoms with Crippen LogP contribution >= 0.6 is 0 Å². The molecular weight excluding hydrogens is 244 g/mol. The van der Waals surface area contributed by atoms with Crippen molar-refractivity contribution in [1.29, 1.82) is 0 Å². The van der Waals surface area contributed by atoms with Crippen LogP contribution in [-0.2, 0) is 4.79 Å². The van der Waals surface area contributed by atoms with Gasteiger partial charge in [-0.3, -0.25) is 14.2 Å². The molecule has 2 aromatic rings. The Hall–Kier alpha value is -1.95. The molecule has 6 heteroatoms. The third-order valence-corrected chi connectivity index (χ3v) is 3.42. The van der Waals surface area contributed by atoms with Crippen LogP contribution in [-0.4, -0.2) is 31.5 Å². The molecule has 1 unspecified atom stereocenters. The molecule has 1 aliphatic rings. The summed E-state index contributed by atoms with van der Waals surface area (Å²) in [4.78, 5) is 20.2. The monoisotopic (exact) mass is 260 g/mol. The summed E-state index contributed by atoms with van der Waals surface area (Å²) in [6.45, 7) is 1.83. The van der Waals surface area contributed by atoms with Gasteiger partial charge in [-0.15, -0.1) is 0 Å². The number of aromatic nitrogens is 3. The Bertz CT molecular complexity index is 618. The van der Waals surface area contributed by atoms with Crippen molar-refractivity contribution in [3.63, 3.8) is 0 Å². The predicted molar refractivity (Wildman–Crippen MR) is 69.7 cm³/mol. The molecule has 0 saturated heterocycles. The summed E-state index contributed by atoms with van der Waals surface area (Å²) in [5.74, 6) is 0.768. The fraction of sp³-hybridized carbons (Fsp3) is 0.462. The maximum absolute atomic E-state index is 11.9. The summed E-state index contributed by atoms with van der Waals surface area (Å²) in [5, 5.41) is 12.6. The highest BCUT2D eigenvalue weighted by atomic mass is 16.3. The number of aliphatic hydroxyl groups excluding tert-OH is 1.